The van der Waals surface area contributed by atoms with Gasteiger partial charge < -0.3 is 5.73 Å². The number of nitrogens with zero attached hydrogens (tertiary/aromatic N) is 2. The normalized spacial score (nSPS) is 11.3. The molecule has 2 aromatic rings. The molecule has 0 unspecified atom stereocenters. The van der Waals surface area contributed by atoms with Gasteiger partial charge in [0.15, 0.2) is 0 Å². The molecule has 0 radical (unpaired) electrons. The third-order valence-corrected chi connectivity index (χ3v) is 4.60. The first-order valence-corrected chi connectivity index (χ1v) is 7.17. The highest BCUT2D eigenvalue weighted by Crippen LogP contribution is 2.21. The zero-order valence-electron chi connectivity index (χ0n) is 10.5. The molecule has 19 heavy (non-hydrogen) atoms. The Bertz CT molecular complexity index is 639. The molecule has 2 N–H and O–H groups in total. The topological polar surface area (TPSA) is 76.3 Å². The van der Waals surface area contributed by atoms with E-state index in [4.69, 9.17) is 5.73 Å². The molecule has 100 valence electrons. The Morgan fingerprint density at radius 3 is 2.42 bits per heavy atom. The molecule has 0 spiro atoms. The Kier molecular flexibility index (Phi) is 3.82. The number of benzene rings is 1. The van der Waals surface area contributed by atoms with Crippen molar-refractivity contribution in [3.8, 4) is 0 Å². The quantitative estimate of drug-likeness (QED) is 0.915. The van der Waals surface area contributed by atoms with Gasteiger partial charge >= 0.3 is 0 Å². The van der Waals surface area contributed by atoms with Gasteiger partial charge in [-0.15, -0.1) is 0 Å². The van der Waals surface area contributed by atoms with Gasteiger partial charge in [0, 0.05) is 26.0 Å². The summed E-state index contributed by atoms with van der Waals surface area (Å²) in [6.45, 7) is 0.430. The van der Waals surface area contributed by atoms with Gasteiger partial charge in [-0.25, -0.2) is 8.42 Å². The van der Waals surface area contributed by atoms with Crippen LogP contribution in [0.15, 0.2) is 53.7 Å². The monoisotopic (exact) mass is 277 g/mol. The van der Waals surface area contributed by atoms with Gasteiger partial charge in [0.2, 0.25) is 0 Å². The highest BCUT2D eigenvalue weighted by atomic mass is 32.2. The minimum absolute atomic E-state index is 0.167. The molecule has 1 heterocycles. The van der Waals surface area contributed by atoms with Crippen molar-refractivity contribution >= 4 is 15.7 Å². The maximum absolute atomic E-state index is 12.3. The van der Waals surface area contributed by atoms with E-state index >= 15 is 0 Å². The molecule has 0 aliphatic heterocycles. The number of pyridine rings is 1. The van der Waals surface area contributed by atoms with Crippen LogP contribution in [-0.2, 0) is 16.6 Å². The van der Waals surface area contributed by atoms with Crippen molar-refractivity contribution in [2.45, 2.75) is 11.4 Å². The molecular weight excluding hydrogens is 262 g/mol. The van der Waals surface area contributed by atoms with Crippen molar-refractivity contribution < 1.29 is 8.42 Å². The molecule has 2 rings (SSSR count). The van der Waals surface area contributed by atoms with Crippen molar-refractivity contribution in [2.75, 3.05) is 11.4 Å². The molecule has 1 aromatic heterocycles. The summed E-state index contributed by atoms with van der Waals surface area (Å²) in [5.74, 6) is 0. The number of aromatic nitrogens is 1. The van der Waals surface area contributed by atoms with Crippen molar-refractivity contribution in [3.05, 3.63) is 54.4 Å². The fourth-order valence-electron chi connectivity index (χ4n) is 1.64. The predicted molar refractivity (Wildman–Crippen MR) is 74.2 cm³/mol. The van der Waals surface area contributed by atoms with Crippen LogP contribution in [-0.4, -0.2) is 20.4 Å². The average Bonchev–Trinajstić information content (AvgIpc) is 2.47. The van der Waals surface area contributed by atoms with Crippen LogP contribution in [0, 0.1) is 0 Å². The fraction of sp³-hybridized carbons (Fsp3) is 0.154. The Balaban J connectivity index is 2.35. The lowest BCUT2D eigenvalue weighted by molar-refractivity contribution is 0.594. The lowest BCUT2D eigenvalue weighted by atomic mass is 10.2. The first-order valence-electron chi connectivity index (χ1n) is 5.73. The van der Waals surface area contributed by atoms with E-state index in [1.165, 1.54) is 29.8 Å². The Hall–Kier alpha value is -1.92. The van der Waals surface area contributed by atoms with E-state index in [-0.39, 0.29) is 4.90 Å². The Morgan fingerprint density at radius 2 is 1.89 bits per heavy atom. The highest BCUT2D eigenvalue weighted by Gasteiger charge is 2.21. The molecule has 0 saturated heterocycles. The second kappa shape index (κ2) is 5.38. The zero-order chi connectivity index (χ0) is 13.9. The lowest BCUT2D eigenvalue weighted by Gasteiger charge is -2.19. The minimum Gasteiger partial charge on any atom is -0.326 e. The van der Waals surface area contributed by atoms with Crippen molar-refractivity contribution in [1.29, 1.82) is 0 Å². The summed E-state index contributed by atoms with van der Waals surface area (Å²) in [6, 6.07) is 10.2. The maximum atomic E-state index is 12.3. The predicted octanol–water partition coefficient (Wildman–Crippen LogP) is 1.37. The van der Waals surface area contributed by atoms with Gasteiger partial charge in [-0.1, -0.05) is 12.1 Å². The summed E-state index contributed by atoms with van der Waals surface area (Å²) < 4.78 is 25.9. The summed E-state index contributed by atoms with van der Waals surface area (Å²) in [5, 5.41) is 0. The molecule has 0 atom stereocenters. The van der Waals surface area contributed by atoms with Gasteiger partial charge in [-0.05, 0) is 29.8 Å². The number of rotatable bonds is 4. The van der Waals surface area contributed by atoms with Gasteiger partial charge in [0.1, 0.15) is 4.90 Å². The zero-order valence-corrected chi connectivity index (χ0v) is 11.3. The second-order valence-corrected chi connectivity index (χ2v) is 6.00. The molecule has 1 aromatic carbocycles. The smallest absolute Gasteiger partial charge is 0.265 e. The molecule has 6 heteroatoms. The van der Waals surface area contributed by atoms with Crippen LogP contribution in [0.25, 0.3) is 0 Å². The standard InChI is InChI=1S/C13H15N3O2S/c1-16(12-6-4-11(9-14)5-7-12)19(17,18)13-3-2-8-15-10-13/h2-8,10H,9,14H2,1H3. The highest BCUT2D eigenvalue weighted by molar-refractivity contribution is 7.92. The molecule has 0 saturated carbocycles. The van der Waals surface area contributed by atoms with Crippen LogP contribution < -0.4 is 10.0 Å². The largest absolute Gasteiger partial charge is 0.326 e. The van der Waals surface area contributed by atoms with E-state index in [1.807, 2.05) is 12.1 Å². The number of sulfonamides is 1. The maximum Gasteiger partial charge on any atom is 0.265 e. The first-order chi connectivity index (χ1) is 9.05. The lowest BCUT2D eigenvalue weighted by Crippen LogP contribution is -2.26. The summed E-state index contributed by atoms with van der Waals surface area (Å²) in [4.78, 5) is 4.00. The van der Waals surface area contributed by atoms with Gasteiger partial charge in [0.25, 0.3) is 10.0 Å². The molecular formula is C13H15N3O2S. The molecule has 5 nitrogen and oxygen atoms in total. The molecule has 0 fully saturated rings. The fourth-order valence-corrected chi connectivity index (χ4v) is 2.80. The van der Waals surface area contributed by atoms with Crippen LogP contribution in [0.5, 0.6) is 0 Å². The third kappa shape index (κ3) is 2.74. The second-order valence-electron chi connectivity index (χ2n) is 4.03. The van der Waals surface area contributed by atoms with Gasteiger partial charge in [-0.2, -0.15) is 0 Å². The molecule has 0 bridgehead atoms. The summed E-state index contributed by atoms with van der Waals surface area (Å²) in [7, 11) is -2.06. The van der Waals surface area contributed by atoms with Crippen LogP contribution >= 0.6 is 0 Å². The van der Waals surface area contributed by atoms with Crippen LogP contribution in [0.1, 0.15) is 5.56 Å². The van der Waals surface area contributed by atoms with Crippen LogP contribution in [0.3, 0.4) is 0 Å². The molecule has 0 aliphatic carbocycles. The first kappa shape index (κ1) is 13.5. The van der Waals surface area contributed by atoms with E-state index < -0.39 is 10.0 Å². The summed E-state index contributed by atoms with van der Waals surface area (Å²) in [6.07, 6.45) is 2.87. The average molecular weight is 277 g/mol. The Morgan fingerprint density at radius 1 is 1.21 bits per heavy atom. The minimum atomic E-state index is -3.57. The molecule has 0 aliphatic rings. The van der Waals surface area contributed by atoms with E-state index in [2.05, 4.69) is 4.98 Å². The van der Waals surface area contributed by atoms with Crippen LogP contribution in [0.2, 0.25) is 0 Å². The van der Waals surface area contributed by atoms with Gasteiger partial charge in [-0.3, -0.25) is 9.29 Å². The summed E-state index contributed by atoms with van der Waals surface area (Å²) in [5.41, 5.74) is 7.05. The number of anilines is 1. The number of hydrogen-bond acceptors (Lipinski definition) is 4. The number of hydrogen-bond donors (Lipinski definition) is 1. The van der Waals surface area contributed by atoms with E-state index in [9.17, 15) is 8.42 Å². The summed E-state index contributed by atoms with van der Waals surface area (Å²) >= 11 is 0. The van der Waals surface area contributed by atoms with Crippen molar-refractivity contribution in [3.63, 3.8) is 0 Å². The van der Waals surface area contributed by atoms with E-state index in [1.54, 1.807) is 18.2 Å². The molecule has 0 amide bonds. The third-order valence-electron chi connectivity index (χ3n) is 2.83. The SMILES string of the molecule is CN(c1ccc(CN)cc1)S(=O)(=O)c1cccnc1. The van der Waals surface area contributed by atoms with Crippen molar-refractivity contribution in [1.82, 2.24) is 4.98 Å². The number of nitrogens with two attached hydrogens (primary N) is 1. The van der Waals surface area contributed by atoms with Gasteiger partial charge in [0.05, 0.1) is 5.69 Å². The van der Waals surface area contributed by atoms with E-state index in [0.717, 1.165) is 5.56 Å². The van der Waals surface area contributed by atoms with Crippen LogP contribution in [0.4, 0.5) is 5.69 Å². The Labute approximate surface area is 112 Å². The van der Waals surface area contributed by atoms with E-state index in [0.29, 0.717) is 12.2 Å². The van der Waals surface area contributed by atoms with Crippen molar-refractivity contribution in [2.24, 2.45) is 5.73 Å².